The van der Waals surface area contributed by atoms with Gasteiger partial charge in [-0.05, 0) is 47.5 Å². The van der Waals surface area contributed by atoms with Gasteiger partial charge in [0.25, 0.3) is 0 Å². The van der Waals surface area contributed by atoms with Crippen LogP contribution in [0.5, 0.6) is 0 Å². The Morgan fingerprint density at radius 3 is 1.85 bits per heavy atom. The average Bonchev–Trinajstić information content (AvgIpc) is 3.74. The summed E-state index contributed by atoms with van der Waals surface area (Å²) in [5.74, 6) is 1.33. The summed E-state index contributed by atoms with van der Waals surface area (Å²) in [5.41, 5.74) is 9.87. The molecule has 0 aliphatic carbocycles. The summed E-state index contributed by atoms with van der Waals surface area (Å²) >= 11 is 1.76. The highest BCUT2D eigenvalue weighted by Gasteiger charge is 2.17. The fourth-order valence-corrected chi connectivity index (χ4v) is 7.25. The highest BCUT2D eigenvalue weighted by molar-refractivity contribution is 7.26. The van der Waals surface area contributed by atoms with Crippen LogP contribution in [0.15, 0.2) is 156 Å². The van der Waals surface area contributed by atoms with Crippen LogP contribution < -0.4 is 0 Å². The zero-order valence-electron chi connectivity index (χ0n) is 24.6. The molecule has 4 nitrogen and oxygen atoms in total. The molecule has 5 heteroatoms. The lowest BCUT2D eigenvalue weighted by atomic mass is 10.0. The Morgan fingerprint density at radius 2 is 1.09 bits per heavy atom. The number of aromatic nitrogens is 3. The van der Waals surface area contributed by atoms with Crippen LogP contribution in [0.25, 0.3) is 87.8 Å². The van der Waals surface area contributed by atoms with Crippen molar-refractivity contribution < 1.29 is 4.42 Å². The first kappa shape index (κ1) is 26.5. The van der Waals surface area contributed by atoms with Gasteiger partial charge in [-0.25, -0.2) is 15.0 Å². The van der Waals surface area contributed by atoms with Gasteiger partial charge in [-0.3, -0.25) is 0 Å². The molecule has 0 aliphatic heterocycles. The van der Waals surface area contributed by atoms with Gasteiger partial charge in [-0.15, -0.1) is 11.3 Å². The molecule has 0 amide bonds. The van der Waals surface area contributed by atoms with Gasteiger partial charge in [-0.1, -0.05) is 115 Å². The second-order valence-electron chi connectivity index (χ2n) is 11.2. The lowest BCUT2D eigenvalue weighted by Gasteiger charge is -2.11. The zero-order chi connectivity index (χ0) is 30.5. The molecular formula is C41H25N3OS. The van der Waals surface area contributed by atoms with Gasteiger partial charge in [0.15, 0.2) is 11.4 Å². The molecule has 9 rings (SSSR count). The molecule has 3 heterocycles. The fourth-order valence-electron chi connectivity index (χ4n) is 6.08. The van der Waals surface area contributed by atoms with Gasteiger partial charge < -0.3 is 4.42 Å². The van der Waals surface area contributed by atoms with Crippen molar-refractivity contribution in [1.29, 1.82) is 0 Å². The first-order valence-corrected chi connectivity index (χ1v) is 16.0. The summed E-state index contributed by atoms with van der Waals surface area (Å²) in [7, 11) is 0. The molecule has 0 N–H and O–H groups in total. The maximum absolute atomic E-state index is 6.09. The third-order valence-electron chi connectivity index (χ3n) is 8.36. The van der Waals surface area contributed by atoms with E-state index in [9.17, 15) is 0 Å². The van der Waals surface area contributed by atoms with Crippen molar-refractivity contribution in [3.8, 4) is 56.5 Å². The molecule has 0 saturated carbocycles. The van der Waals surface area contributed by atoms with E-state index in [4.69, 9.17) is 19.4 Å². The Labute approximate surface area is 269 Å². The molecule has 0 radical (unpaired) electrons. The van der Waals surface area contributed by atoms with Crippen molar-refractivity contribution in [2.75, 3.05) is 0 Å². The molecule has 0 atom stereocenters. The van der Waals surface area contributed by atoms with E-state index in [-0.39, 0.29) is 0 Å². The zero-order valence-corrected chi connectivity index (χ0v) is 25.4. The van der Waals surface area contributed by atoms with Gasteiger partial charge in [0.1, 0.15) is 5.52 Å². The van der Waals surface area contributed by atoms with Crippen LogP contribution in [-0.2, 0) is 0 Å². The maximum Gasteiger partial charge on any atom is 0.227 e. The van der Waals surface area contributed by atoms with E-state index in [1.165, 1.54) is 15.8 Å². The van der Waals surface area contributed by atoms with Crippen molar-refractivity contribution in [2.45, 2.75) is 0 Å². The lowest BCUT2D eigenvalue weighted by Crippen LogP contribution is -1.96. The Hall–Kier alpha value is -5.91. The molecule has 216 valence electrons. The summed E-state index contributed by atoms with van der Waals surface area (Å²) in [6.45, 7) is 0. The second kappa shape index (κ2) is 10.9. The molecule has 46 heavy (non-hydrogen) atoms. The highest BCUT2D eigenvalue weighted by atomic mass is 32.1. The van der Waals surface area contributed by atoms with Gasteiger partial charge in [-0.2, -0.15) is 0 Å². The minimum atomic E-state index is 0.627. The molecule has 0 aliphatic rings. The van der Waals surface area contributed by atoms with Crippen molar-refractivity contribution >= 4 is 42.6 Å². The van der Waals surface area contributed by atoms with E-state index in [0.29, 0.717) is 11.7 Å². The van der Waals surface area contributed by atoms with Gasteiger partial charge in [0.2, 0.25) is 5.89 Å². The summed E-state index contributed by atoms with van der Waals surface area (Å²) < 4.78 is 8.44. The van der Waals surface area contributed by atoms with Gasteiger partial charge >= 0.3 is 0 Å². The first-order valence-electron chi connectivity index (χ1n) is 15.2. The third kappa shape index (κ3) is 4.66. The van der Waals surface area contributed by atoms with Crippen molar-refractivity contribution in [2.24, 2.45) is 0 Å². The fraction of sp³-hybridized carbons (Fsp3) is 0. The second-order valence-corrected chi connectivity index (χ2v) is 12.3. The standard InChI is InChI=1S/C41H25N3OS/c1-3-10-26(11-4-1)27-18-20-29(21-19-27)35-25-34(28-12-5-2-6-13-28)42-40(43-35)32-14-9-17-37-39(32)31-23-22-30(24-38(31)46-37)41-44-33-15-7-8-16-36(33)45-41/h1-25H. The topological polar surface area (TPSA) is 51.8 Å². The smallest absolute Gasteiger partial charge is 0.227 e. The number of para-hydroxylation sites is 2. The van der Waals surface area contributed by atoms with Crippen molar-refractivity contribution in [3.05, 3.63) is 152 Å². The van der Waals surface area contributed by atoms with Crippen molar-refractivity contribution in [1.82, 2.24) is 15.0 Å². The lowest BCUT2D eigenvalue weighted by molar-refractivity contribution is 0.620. The van der Waals surface area contributed by atoms with E-state index in [1.807, 2.05) is 48.5 Å². The molecule has 6 aromatic carbocycles. The SMILES string of the molecule is c1ccc(-c2ccc(-c3cc(-c4ccccc4)nc(-c4cccc5sc6cc(-c7nc8ccccc8o7)ccc6c45)n3)cc2)cc1. The first-order chi connectivity index (χ1) is 22.8. The number of hydrogen-bond donors (Lipinski definition) is 0. The van der Waals surface area contributed by atoms with Crippen LogP contribution in [0.3, 0.4) is 0 Å². The number of thiophene rings is 1. The van der Waals surface area contributed by atoms with E-state index in [2.05, 4.69) is 103 Å². The minimum absolute atomic E-state index is 0.627. The molecule has 9 aromatic rings. The van der Waals surface area contributed by atoms with Crippen LogP contribution in [0.2, 0.25) is 0 Å². The number of nitrogens with zero attached hydrogens (tertiary/aromatic N) is 3. The average molecular weight is 608 g/mol. The van der Waals surface area contributed by atoms with Gasteiger partial charge in [0, 0.05) is 42.4 Å². The van der Waals surface area contributed by atoms with Crippen molar-refractivity contribution in [3.63, 3.8) is 0 Å². The summed E-state index contributed by atoms with van der Waals surface area (Å²) in [5, 5.41) is 2.32. The van der Waals surface area contributed by atoms with Crippen LogP contribution in [-0.4, -0.2) is 15.0 Å². The minimum Gasteiger partial charge on any atom is -0.436 e. The maximum atomic E-state index is 6.09. The predicted molar refractivity (Wildman–Crippen MR) is 190 cm³/mol. The van der Waals surface area contributed by atoms with E-state index >= 15 is 0 Å². The Morgan fingerprint density at radius 1 is 0.457 bits per heavy atom. The number of hydrogen-bond acceptors (Lipinski definition) is 5. The quantitative estimate of drug-likeness (QED) is 0.195. The normalized spacial score (nSPS) is 11.5. The van der Waals surface area contributed by atoms with Crippen LogP contribution in [0.4, 0.5) is 0 Å². The Kier molecular flexibility index (Phi) is 6.28. The van der Waals surface area contributed by atoms with Crippen LogP contribution in [0.1, 0.15) is 0 Å². The monoisotopic (exact) mass is 607 g/mol. The number of oxazole rings is 1. The highest BCUT2D eigenvalue weighted by Crippen LogP contribution is 2.41. The van der Waals surface area contributed by atoms with Gasteiger partial charge in [0.05, 0.1) is 11.4 Å². The number of fused-ring (bicyclic) bond motifs is 4. The molecule has 0 unspecified atom stereocenters. The molecule has 3 aromatic heterocycles. The van der Waals surface area contributed by atoms with E-state index in [1.54, 1.807) is 11.3 Å². The third-order valence-corrected chi connectivity index (χ3v) is 9.48. The number of rotatable bonds is 5. The molecule has 0 spiro atoms. The molecule has 0 fully saturated rings. The summed E-state index contributed by atoms with van der Waals surface area (Å²) in [6.07, 6.45) is 0. The Bertz CT molecular complexity index is 2480. The van der Waals surface area contributed by atoms with E-state index in [0.717, 1.165) is 60.2 Å². The van der Waals surface area contributed by atoms with Crippen LogP contribution >= 0.6 is 11.3 Å². The Balaban J connectivity index is 1.19. The summed E-state index contributed by atoms with van der Waals surface area (Å²) in [6, 6.07) is 52.2. The molecule has 0 saturated heterocycles. The van der Waals surface area contributed by atoms with E-state index < -0.39 is 0 Å². The largest absolute Gasteiger partial charge is 0.436 e. The summed E-state index contributed by atoms with van der Waals surface area (Å²) in [4.78, 5) is 15.1. The molecular weight excluding hydrogens is 583 g/mol. The molecule has 0 bridgehead atoms. The predicted octanol–water partition coefficient (Wildman–Crippen LogP) is 11.3. The van der Waals surface area contributed by atoms with Crippen LogP contribution in [0, 0.1) is 0 Å². The number of benzene rings is 6.